The molecule has 0 aliphatic rings. The molecule has 3 aromatic carbocycles. The summed E-state index contributed by atoms with van der Waals surface area (Å²) in [5.41, 5.74) is 1.75. The van der Waals surface area contributed by atoms with Gasteiger partial charge in [0.2, 0.25) is 11.7 Å². The number of halogens is 1. The smallest absolute Gasteiger partial charge is 0.323 e. The molecule has 4 aromatic rings. The maximum Gasteiger partial charge on any atom is 0.323 e. The molecule has 0 fully saturated rings. The highest BCUT2D eigenvalue weighted by molar-refractivity contribution is 6.30. The van der Waals surface area contributed by atoms with Gasteiger partial charge in [0.25, 0.3) is 0 Å². The van der Waals surface area contributed by atoms with Crippen molar-refractivity contribution in [2.75, 3.05) is 17.7 Å². The van der Waals surface area contributed by atoms with Crippen LogP contribution in [0.2, 0.25) is 5.02 Å². The Morgan fingerprint density at radius 2 is 1.78 bits per heavy atom. The summed E-state index contributed by atoms with van der Waals surface area (Å²) in [6, 6.07) is 20.7. The Kier molecular flexibility index (Phi) is 8.15. The van der Waals surface area contributed by atoms with Crippen molar-refractivity contribution in [1.29, 1.82) is 0 Å². The van der Waals surface area contributed by atoms with Crippen LogP contribution in [0.4, 0.5) is 16.2 Å². The molecule has 0 spiro atoms. The number of methoxy groups -OCH3 is 1. The highest BCUT2D eigenvalue weighted by Crippen LogP contribution is 2.32. The number of esters is 1. The van der Waals surface area contributed by atoms with Crippen LogP contribution in [0.5, 0.6) is 11.5 Å². The van der Waals surface area contributed by atoms with Gasteiger partial charge in [-0.2, -0.15) is 4.98 Å². The van der Waals surface area contributed by atoms with Gasteiger partial charge >= 0.3 is 12.0 Å². The first-order chi connectivity index (χ1) is 17.5. The van der Waals surface area contributed by atoms with Crippen molar-refractivity contribution < 1.29 is 23.6 Å². The molecule has 0 radical (unpaired) electrons. The van der Waals surface area contributed by atoms with E-state index in [0.717, 1.165) is 5.56 Å². The highest BCUT2D eigenvalue weighted by Gasteiger charge is 2.12. The summed E-state index contributed by atoms with van der Waals surface area (Å²) in [6.45, 7) is 0. The third-order valence-corrected chi connectivity index (χ3v) is 5.27. The van der Waals surface area contributed by atoms with E-state index in [1.807, 2.05) is 18.2 Å². The van der Waals surface area contributed by atoms with Crippen LogP contribution in [0.3, 0.4) is 0 Å². The van der Waals surface area contributed by atoms with Crippen LogP contribution in [-0.4, -0.2) is 29.3 Å². The number of aromatic nitrogens is 2. The molecule has 0 saturated carbocycles. The Hall–Kier alpha value is -4.37. The second-order valence-corrected chi connectivity index (χ2v) is 8.09. The Labute approximate surface area is 212 Å². The van der Waals surface area contributed by atoms with Crippen molar-refractivity contribution in [2.45, 2.75) is 19.3 Å². The van der Waals surface area contributed by atoms with Crippen molar-refractivity contribution in [2.24, 2.45) is 0 Å². The maximum absolute atomic E-state index is 12.6. The van der Waals surface area contributed by atoms with Crippen molar-refractivity contribution in [1.82, 2.24) is 10.1 Å². The van der Waals surface area contributed by atoms with Crippen LogP contribution in [0.25, 0.3) is 11.4 Å². The zero-order valence-electron chi connectivity index (χ0n) is 19.4. The fourth-order valence-corrected chi connectivity index (χ4v) is 3.41. The Balaban J connectivity index is 1.35. The lowest BCUT2D eigenvalue weighted by molar-refractivity contribution is -0.140. The van der Waals surface area contributed by atoms with Crippen LogP contribution in [0.1, 0.15) is 18.7 Å². The largest absolute Gasteiger partial charge is 0.469 e. The minimum Gasteiger partial charge on any atom is -0.469 e. The third-order valence-electron chi connectivity index (χ3n) is 5.03. The van der Waals surface area contributed by atoms with Crippen LogP contribution < -0.4 is 15.4 Å². The Morgan fingerprint density at radius 3 is 2.53 bits per heavy atom. The number of para-hydroxylation sites is 1. The van der Waals surface area contributed by atoms with E-state index in [2.05, 4.69) is 25.5 Å². The Morgan fingerprint density at radius 1 is 1.00 bits per heavy atom. The van der Waals surface area contributed by atoms with Gasteiger partial charge in [-0.15, -0.1) is 0 Å². The average molecular weight is 507 g/mol. The molecule has 1 aromatic heterocycles. The molecular weight excluding hydrogens is 484 g/mol. The molecule has 0 atom stereocenters. The van der Waals surface area contributed by atoms with E-state index in [1.54, 1.807) is 54.6 Å². The summed E-state index contributed by atoms with van der Waals surface area (Å²) < 4.78 is 15.7. The lowest BCUT2D eigenvalue weighted by atomic mass is 10.2. The molecule has 4 rings (SSSR count). The van der Waals surface area contributed by atoms with Gasteiger partial charge in [0.1, 0.15) is 5.75 Å². The van der Waals surface area contributed by atoms with Crippen LogP contribution in [0.15, 0.2) is 77.3 Å². The van der Waals surface area contributed by atoms with E-state index >= 15 is 0 Å². The van der Waals surface area contributed by atoms with Crippen molar-refractivity contribution >= 4 is 35.0 Å². The zero-order chi connectivity index (χ0) is 25.3. The number of anilines is 2. The summed E-state index contributed by atoms with van der Waals surface area (Å²) in [5.74, 6) is 1.61. The zero-order valence-corrected chi connectivity index (χ0v) is 20.1. The molecule has 1 heterocycles. The standard InChI is InChI=1S/C26H23ClN4O5/c1-34-24(32)9-5-8-23-30-25(31-36-23)17-10-13-19(14-11-17)28-26(33)29-21-15-12-18(27)16-22(21)35-20-6-3-2-4-7-20/h2-4,6-7,10-16H,5,8-9H2,1H3,(H2,28,29,33). The summed E-state index contributed by atoms with van der Waals surface area (Å²) >= 11 is 6.12. The SMILES string of the molecule is COC(=O)CCCc1nc(-c2ccc(NC(=O)Nc3ccc(Cl)cc3Oc3ccccc3)cc2)no1. The number of hydrogen-bond acceptors (Lipinski definition) is 7. The molecule has 0 aliphatic heterocycles. The molecule has 0 bridgehead atoms. The molecule has 9 nitrogen and oxygen atoms in total. The van der Waals surface area contributed by atoms with Crippen molar-refractivity contribution in [3.63, 3.8) is 0 Å². The van der Waals surface area contributed by atoms with Crippen LogP contribution in [-0.2, 0) is 16.0 Å². The summed E-state index contributed by atoms with van der Waals surface area (Å²) in [6.07, 6.45) is 1.31. The average Bonchev–Trinajstić information content (AvgIpc) is 3.35. The molecular formula is C26H23ClN4O5. The fraction of sp³-hybridized carbons (Fsp3) is 0.154. The minimum absolute atomic E-state index is 0.280. The molecule has 0 aliphatic carbocycles. The lowest BCUT2D eigenvalue weighted by Gasteiger charge is -2.13. The second-order valence-electron chi connectivity index (χ2n) is 7.65. The quantitative estimate of drug-likeness (QED) is 0.255. The van der Waals surface area contributed by atoms with E-state index in [4.69, 9.17) is 20.9 Å². The van der Waals surface area contributed by atoms with E-state index in [1.165, 1.54) is 7.11 Å². The number of benzene rings is 3. The van der Waals surface area contributed by atoms with Gasteiger partial charge in [-0.3, -0.25) is 4.79 Å². The van der Waals surface area contributed by atoms with E-state index in [-0.39, 0.29) is 12.4 Å². The van der Waals surface area contributed by atoms with E-state index in [0.29, 0.717) is 52.5 Å². The van der Waals surface area contributed by atoms with Gasteiger partial charge in [0.05, 0.1) is 12.8 Å². The summed E-state index contributed by atoms with van der Waals surface area (Å²) in [4.78, 5) is 28.2. The summed E-state index contributed by atoms with van der Waals surface area (Å²) in [5, 5.41) is 10.0. The first kappa shape index (κ1) is 24.7. The lowest BCUT2D eigenvalue weighted by Crippen LogP contribution is -2.19. The molecule has 2 N–H and O–H groups in total. The van der Waals surface area contributed by atoms with Crippen molar-refractivity contribution in [3.8, 4) is 22.9 Å². The number of amides is 2. The van der Waals surface area contributed by atoms with Gasteiger partial charge in [-0.25, -0.2) is 4.79 Å². The highest BCUT2D eigenvalue weighted by atomic mass is 35.5. The minimum atomic E-state index is -0.449. The topological polar surface area (TPSA) is 116 Å². The maximum atomic E-state index is 12.6. The predicted molar refractivity (Wildman–Crippen MR) is 135 cm³/mol. The van der Waals surface area contributed by atoms with Gasteiger partial charge in [0.15, 0.2) is 5.75 Å². The van der Waals surface area contributed by atoms with Gasteiger partial charge in [0, 0.05) is 35.2 Å². The first-order valence-corrected chi connectivity index (χ1v) is 11.5. The molecule has 2 amide bonds. The van der Waals surface area contributed by atoms with Gasteiger partial charge < -0.3 is 24.6 Å². The predicted octanol–water partition coefficient (Wildman–Crippen LogP) is 6.32. The number of rotatable bonds is 9. The Bertz CT molecular complexity index is 1330. The molecule has 0 saturated heterocycles. The second kappa shape index (κ2) is 11.9. The molecule has 10 heteroatoms. The van der Waals surface area contributed by atoms with E-state index in [9.17, 15) is 9.59 Å². The van der Waals surface area contributed by atoms with Crippen LogP contribution >= 0.6 is 11.6 Å². The number of nitrogens with one attached hydrogen (secondary N) is 2. The number of aryl methyl sites for hydroxylation is 1. The van der Waals surface area contributed by atoms with Crippen molar-refractivity contribution in [3.05, 3.63) is 83.7 Å². The van der Waals surface area contributed by atoms with Gasteiger partial charge in [-0.1, -0.05) is 35.0 Å². The number of nitrogens with zero attached hydrogens (tertiary/aromatic N) is 2. The monoisotopic (exact) mass is 506 g/mol. The van der Waals surface area contributed by atoms with Gasteiger partial charge in [-0.05, 0) is 55.0 Å². The normalized spacial score (nSPS) is 10.5. The van der Waals surface area contributed by atoms with Crippen LogP contribution in [0, 0.1) is 0 Å². The first-order valence-electron chi connectivity index (χ1n) is 11.1. The molecule has 36 heavy (non-hydrogen) atoms. The number of hydrogen-bond donors (Lipinski definition) is 2. The summed E-state index contributed by atoms with van der Waals surface area (Å²) in [7, 11) is 1.35. The number of urea groups is 1. The fourth-order valence-electron chi connectivity index (χ4n) is 3.25. The molecule has 0 unspecified atom stereocenters. The number of carbonyl (C=O) groups is 2. The number of carbonyl (C=O) groups excluding carboxylic acids is 2. The third kappa shape index (κ3) is 6.83. The van der Waals surface area contributed by atoms with E-state index < -0.39 is 6.03 Å². The molecule has 184 valence electrons. The number of ether oxygens (including phenoxy) is 2.